The van der Waals surface area contributed by atoms with Crippen LogP contribution in [-0.2, 0) is 11.2 Å². The summed E-state index contributed by atoms with van der Waals surface area (Å²) in [5, 5.41) is 9.95. The highest BCUT2D eigenvalue weighted by Gasteiger charge is 2.25. The average Bonchev–Trinajstić information content (AvgIpc) is 3.46. The van der Waals surface area contributed by atoms with E-state index in [9.17, 15) is 4.79 Å². The van der Waals surface area contributed by atoms with Crippen molar-refractivity contribution in [2.75, 3.05) is 29.9 Å². The summed E-state index contributed by atoms with van der Waals surface area (Å²) in [6.07, 6.45) is 6.36. The van der Waals surface area contributed by atoms with Crippen LogP contribution in [-0.4, -0.2) is 35.8 Å². The Kier molecular flexibility index (Phi) is 4.68. The molecule has 0 bridgehead atoms. The second-order valence-electron chi connectivity index (χ2n) is 7.71. The van der Waals surface area contributed by atoms with E-state index in [0.29, 0.717) is 0 Å². The predicted octanol–water partition coefficient (Wildman–Crippen LogP) is 3.87. The Morgan fingerprint density at radius 2 is 1.93 bits per heavy atom. The molecule has 0 radical (unpaired) electrons. The molecule has 29 heavy (non-hydrogen) atoms. The molecule has 1 aromatic heterocycles. The number of hydrogen-bond acceptors (Lipinski definition) is 4. The number of piperidine rings is 1. The van der Waals surface area contributed by atoms with Crippen molar-refractivity contribution in [2.24, 2.45) is 5.92 Å². The SMILES string of the molecule is O=C(Nc1ccc2c(c1)CCO2)C1CCN(c2ccc(-c3cn[nH]c3)cc2)CC1. The van der Waals surface area contributed by atoms with Gasteiger partial charge in [-0.1, -0.05) is 12.1 Å². The first kappa shape index (κ1) is 17.8. The molecule has 2 aliphatic heterocycles. The van der Waals surface area contributed by atoms with Gasteiger partial charge in [0.1, 0.15) is 5.75 Å². The number of ether oxygens (including phenoxy) is 1. The topological polar surface area (TPSA) is 70.2 Å². The van der Waals surface area contributed by atoms with Gasteiger partial charge in [-0.3, -0.25) is 9.89 Å². The highest BCUT2D eigenvalue weighted by Crippen LogP contribution is 2.30. The summed E-state index contributed by atoms with van der Waals surface area (Å²) in [6.45, 7) is 2.51. The lowest BCUT2D eigenvalue weighted by Crippen LogP contribution is -2.38. The lowest BCUT2D eigenvalue weighted by atomic mass is 9.95. The summed E-state index contributed by atoms with van der Waals surface area (Å²) in [5.41, 5.74) is 5.49. The standard InChI is InChI=1S/C23H24N4O2/c28-23(26-20-3-6-22-18(13-20)9-12-29-22)17-7-10-27(11-8-17)21-4-1-16(2-5-21)19-14-24-25-15-19/h1-6,13-15,17H,7-12H2,(H,24,25)(H,26,28). The van der Waals surface area contributed by atoms with Crippen LogP contribution in [0, 0.1) is 5.92 Å². The number of nitrogens with one attached hydrogen (secondary N) is 2. The average molecular weight is 388 g/mol. The number of H-pyrrole nitrogens is 1. The van der Waals surface area contributed by atoms with Crippen LogP contribution in [0.1, 0.15) is 18.4 Å². The zero-order valence-corrected chi connectivity index (χ0v) is 16.2. The molecule has 6 nitrogen and oxygen atoms in total. The Bertz CT molecular complexity index is 990. The van der Waals surface area contributed by atoms with Gasteiger partial charge in [0.25, 0.3) is 0 Å². The zero-order chi connectivity index (χ0) is 19.6. The Morgan fingerprint density at radius 3 is 2.69 bits per heavy atom. The maximum atomic E-state index is 12.7. The third-order valence-electron chi connectivity index (χ3n) is 5.89. The van der Waals surface area contributed by atoms with Gasteiger partial charge in [-0.15, -0.1) is 0 Å². The molecular formula is C23H24N4O2. The Labute approximate surface area is 169 Å². The van der Waals surface area contributed by atoms with Gasteiger partial charge in [0.05, 0.1) is 12.8 Å². The molecule has 2 N–H and O–H groups in total. The van der Waals surface area contributed by atoms with E-state index >= 15 is 0 Å². The fourth-order valence-corrected chi connectivity index (χ4v) is 4.18. The molecule has 148 valence electrons. The van der Waals surface area contributed by atoms with Gasteiger partial charge in [-0.2, -0.15) is 5.10 Å². The Balaban J connectivity index is 1.17. The number of carbonyl (C=O) groups is 1. The molecule has 2 aliphatic rings. The van der Waals surface area contributed by atoms with E-state index < -0.39 is 0 Å². The van der Waals surface area contributed by atoms with Crippen LogP contribution in [0.5, 0.6) is 5.75 Å². The number of carbonyl (C=O) groups excluding carboxylic acids is 1. The van der Waals surface area contributed by atoms with Gasteiger partial charge in [0, 0.05) is 48.6 Å². The number of hydrogen-bond donors (Lipinski definition) is 2. The van der Waals surface area contributed by atoms with E-state index in [-0.39, 0.29) is 11.8 Å². The second-order valence-corrected chi connectivity index (χ2v) is 7.71. The minimum Gasteiger partial charge on any atom is -0.493 e. The lowest BCUT2D eigenvalue weighted by molar-refractivity contribution is -0.120. The first-order chi connectivity index (χ1) is 14.3. The van der Waals surface area contributed by atoms with Crippen LogP contribution in [0.25, 0.3) is 11.1 Å². The smallest absolute Gasteiger partial charge is 0.227 e. The highest BCUT2D eigenvalue weighted by molar-refractivity contribution is 5.93. The lowest BCUT2D eigenvalue weighted by Gasteiger charge is -2.33. The monoisotopic (exact) mass is 388 g/mol. The van der Waals surface area contributed by atoms with E-state index in [0.717, 1.165) is 61.5 Å². The summed E-state index contributed by atoms with van der Waals surface area (Å²) in [6, 6.07) is 14.5. The second kappa shape index (κ2) is 7.62. The molecule has 3 heterocycles. The van der Waals surface area contributed by atoms with Crippen molar-refractivity contribution in [3.63, 3.8) is 0 Å². The first-order valence-corrected chi connectivity index (χ1v) is 10.2. The molecule has 3 aromatic rings. The summed E-state index contributed by atoms with van der Waals surface area (Å²) in [7, 11) is 0. The molecule has 0 atom stereocenters. The van der Waals surface area contributed by atoms with Crippen LogP contribution in [0.3, 0.4) is 0 Å². The molecule has 0 saturated carbocycles. The number of amides is 1. The van der Waals surface area contributed by atoms with Crippen LogP contribution in [0.15, 0.2) is 54.9 Å². The largest absolute Gasteiger partial charge is 0.493 e. The van der Waals surface area contributed by atoms with Crippen molar-refractivity contribution in [2.45, 2.75) is 19.3 Å². The van der Waals surface area contributed by atoms with E-state index in [4.69, 9.17) is 4.74 Å². The van der Waals surface area contributed by atoms with Crippen LogP contribution < -0.4 is 15.0 Å². The maximum Gasteiger partial charge on any atom is 0.227 e. The quantitative estimate of drug-likeness (QED) is 0.712. The fourth-order valence-electron chi connectivity index (χ4n) is 4.18. The number of rotatable bonds is 4. The number of nitrogens with zero attached hydrogens (tertiary/aromatic N) is 2. The molecule has 1 saturated heterocycles. The van der Waals surface area contributed by atoms with Gasteiger partial charge in [-0.25, -0.2) is 0 Å². The normalized spacial score (nSPS) is 16.3. The number of aromatic amines is 1. The van der Waals surface area contributed by atoms with Gasteiger partial charge >= 0.3 is 0 Å². The van der Waals surface area contributed by atoms with Crippen molar-refractivity contribution in [1.82, 2.24) is 10.2 Å². The summed E-state index contributed by atoms with van der Waals surface area (Å²) in [4.78, 5) is 15.1. The van der Waals surface area contributed by atoms with Crippen molar-refractivity contribution in [3.8, 4) is 16.9 Å². The predicted molar refractivity (Wildman–Crippen MR) is 113 cm³/mol. The van der Waals surface area contributed by atoms with Gasteiger partial charge < -0.3 is 15.0 Å². The van der Waals surface area contributed by atoms with Crippen molar-refractivity contribution >= 4 is 17.3 Å². The van der Waals surface area contributed by atoms with Crippen LogP contribution in [0.2, 0.25) is 0 Å². The highest BCUT2D eigenvalue weighted by atomic mass is 16.5. The molecular weight excluding hydrogens is 364 g/mol. The Morgan fingerprint density at radius 1 is 1.10 bits per heavy atom. The summed E-state index contributed by atoms with van der Waals surface area (Å²) in [5.74, 6) is 1.12. The zero-order valence-electron chi connectivity index (χ0n) is 16.2. The van der Waals surface area contributed by atoms with Crippen molar-refractivity contribution in [3.05, 3.63) is 60.4 Å². The molecule has 2 aromatic carbocycles. The number of anilines is 2. The fraction of sp³-hybridized carbons (Fsp3) is 0.304. The number of fused-ring (bicyclic) bond motifs is 1. The molecule has 1 fully saturated rings. The van der Waals surface area contributed by atoms with Crippen LogP contribution >= 0.6 is 0 Å². The van der Waals surface area contributed by atoms with E-state index in [1.165, 1.54) is 11.3 Å². The molecule has 5 rings (SSSR count). The molecule has 0 aliphatic carbocycles. The molecule has 0 unspecified atom stereocenters. The van der Waals surface area contributed by atoms with Gasteiger partial charge in [0.15, 0.2) is 0 Å². The molecule has 0 spiro atoms. The minimum atomic E-state index is 0.0564. The summed E-state index contributed by atoms with van der Waals surface area (Å²) < 4.78 is 5.53. The number of benzene rings is 2. The number of aromatic nitrogens is 2. The van der Waals surface area contributed by atoms with Crippen molar-refractivity contribution < 1.29 is 9.53 Å². The van der Waals surface area contributed by atoms with Crippen molar-refractivity contribution in [1.29, 1.82) is 0 Å². The van der Waals surface area contributed by atoms with E-state index in [2.05, 4.69) is 44.7 Å². The van der Waals surface area contributed by atoms with Gasteiger partial charge in [0.2, 0.25) is 5.91 Å². The summed E-state index contributed by atoms with van der Waals surface area (Å²) >= 11 is 0. The van der Waals surface area contributed by atoms with Gasteiger partial charge in [-0.05, 0) is 54.3 Å². The third-order valence-corrected chi connectivity index (χ3v) is 5.89. The Hall–Kier alpha value is -3.28. The maximum absolute atomic E-state index is 12.7. The first-order valence-electron chi connectivity index (χ1n) is 10.2. The minimum absolute atomic E-state index is 0.0564. The molecule has 6 heteroatoms. The third kappa shape index (κ3) is 3.70. The van der Waals surface area contributed by atoms with E-state index in [1.54, 1.807) is 0 Å². The molecule has 1 amide bonds. The van der Waals surface area contributed by atoms with Crippen LogP contribution in [0.4, 0.5) is 11.4 Å². The van der Waals surface area contributed by atoms with E-state index in [1.807, 2.05) is 30.6 Å².